The first-order valence-electron chi connectivity index (χ1n) is 2.87. The Labute approximate surface area is 57.7 Å². The Kier molecular flexibility index (Phi) is 2.22. The molecule has 0 unspecified atom stereocenters. The summed E-state index contributed by atoms with van der Waals surface area (Å²) in [6.45, 7) is 0.905. The zero-order valence-corrected chi connectivity index (χ0v) is 5.33. The molecule has 0 aromatic carbocycles. The van der Waals surface area contributed by atoms with Gasteiger partial charge in [0.1, 0.15) is 6.54 Å². The van der Waals surface area contributed by atoms with Gasteiger partial charge in [0.15, 0.2) is 0 Å². The van der Waals surface area contributed by atoms with Crippen molar-refractivity contribution in [3.8, 4) is 0 Å². The molecule has 0 radical (unpaired) electrons. The number of rotatable bonds is 3. The molecule has 2 N–H and O–H groups in total. The maximum atomic E-state index is 9.92. The summed E-state index contributed by atoms with van der Waals surface area (Å²) in [5.41, 5.74) is 3.26. The highest BCUT2D eigenvalue weighted by molar-refractivity contribution is 5.90. The third kappa shape index (κ3) is 2.02. The summed E-state index contributed by atoms with van der Waals surface area (Å²) in [5.74, 6) is -0.912. The molecule has 10 heavy (non-hydrogen) atoms. The summed E-state index contributed by atoms with van der Waals surface area (Å²) in [5, 5.41) is 11.9. The molecule has 1 heterocycles. The van der Waals surface area contributed by atoms with E-state index in [-0.39, 0.29) is 6.54 Å². The van der Waals surface area contributed by atoms with Crippen LogP contribution in [-0.2, 0) is 9.53 Å². The second-order valence-electron chi connectivity index (χ2n) is 1.90. The fraction of sp³-hybridized carbons (Fsp3) is 0.600. The number of nitrogens with one attached hydrogen (secondary N) is 1. The monoisotopic (exact) mass is 144 g/mol. The van der Waals surface area contributed by atoms with Gasteiger partial charge in [0.2, 0.25) is 0 Å². The predicted molar refractivity (Wildman–Crippen MR) is 33.9 cm³/mol. The van der Waals surface area contributed by atoms with Gasteiger partial charge in [-0.05, 0) is 0 Å². The summed E-state index contributed by atoms with van der Waals surface area (Å²) < 4.78 is 4.77. The third-order valence-electron chi connectivity index (χ3n) is 1.00. The summed E-state index contributed by atoms with van der Waals surface area (Å²) in [6, 6.07) is 0. The highest BCUT2D eigenvalue weighted by atomic mass is 16.5. The van der Waals surface area contributed by atoms with Crippen LogP contribution < -0.4 is 5.43 Å². The van der Waals surface area contributed by atoms with Crippen LogP contribution in [0.1, 0.15) is 0 Å². The predicted octanol–water partition coefficient (Wildman–Crippen LogP) is -0.953. The van der Waals surface area contributed by atoms with Gasteiger partial charge in [-0.3, -0.25) is 10.2 Å². The molecule has 0 aromatic heterocycles. The van der Waals surface area contributed by atoms with Gasteiger partial charge in [-0.2, -0.15) is 5.10 Å². The average molecular weight is 144 g/mol. The Morgan fingerprint density at radius 3 is 2.90 bits per heavy atom. The molecule has 1 saturated heterocycles. The lowest BCUT2D eigenvalue weighted by Crippen LogP contribution is -2.31. The topological polar surface area (TPSA) is 70.9 Å². The van der Waals surface area contributed by atoms with Gasteiger partial charge in [-0.25, -0.2) is 0 Å². The quantitative estimate of drug-likeness (QED) is 0.501. The van der Waals surface area contributed by atoms with Crippen LogP contribution in [0.25, 0.3) is 0 Å². The highest BCUT2D eigenvalue weighted by Crippen LogP contribution is 1.92. The van der Waals surface area contributed by atoms with Gasteiger partial charge in [-0.15, -0.1) is 0 Å². The van der Waals surface area contributed by atoms with E-state index in [1.807, 2.05) is 0 Å². The Balaban J connectivity index is 2.09. The molecule has 1 aliphatic rings. The molecule has 0 saturated carbocycles. The average Bonchev–Trinajstić information content (AvgIpc) is 1.75. The number of ether oxygens (including phenoxy) is 1. The van der Waals surface area contributed by atoms with Crippen LogP contribution in [0.15, 0.2) is 5.10 Å². The van der Waals surface area contributed by atoms with E-state index in [0.717, 1.165) is 5.71 Å². The van der Waals surface area contributed by atoms with E-state index in [2.05, 4.69) is 10.5 Å². The normalized spacial score (nSPS) is 15.8. The van der Waals surface area contributed by atoms with Crippen molar-refractivity contribution in [2.75, 3.05) is 19.8 Å². The zero-order valence-electron chi connectivity index (χ0n) is 5.33. The van der Waals surface area contributed by atoms with Gasteiger partial charge in [-0.1, -0.05) is 0 Å². The summed E-state index contributed by atoms with van der Waals surface area (Å²) in [7, 11) is 0. The second kappa shape index (κ2) is 3.17. The molecule has 0 aromatic rings. The van der Waals surface area contributed by atoms with E-state index < -0.39 is 5.97 Å². The highest BCUT2D eigenvalue weighted by Gasteiger charge is 2.09. The van der Waals surface area contributed by atoms with E-state index in [1.165, 1.54) is 0 Å². The van der Waals surface area contributed by atoms with Crippen LogP contribution >= 0.6 is 0 Å². The molecule has 5 heteroatoms. The number of carboxylic acid groups (broad SMARTS) is 1. The van der Waals surface area contributed by atoms with Crippen molar-refractivity contribution < 1.29 is 14.6 Å². The molecular weight excluding hydrogens is 136 g/mol. The van der Waals surface area contributed by atoms with Gasteiger partial charge in [0, 0.05) is 0 Å². The molecule has 1 fully saturated rings. The number of nitrogens with zero attached hydrogens (tertiary/aromatic N) is 1. The van der Waals surface area contributed by atoms with E-state index in [4.69, 9.17) is 9.84 Å². The van der Waals surface area contributed by atoms with Gasteiger partial charge < -0.3 is 9.84 Å². The minimum absolute atomic E-state index is 0.135. The molecule has 5 nitrogen and oxygen atoms in total. The van der Waals surface area contributed by atoms with Gasteiger partial charge in [0.25, 0.3) is 0 Å². The fourth-order valence-corrected chi connectivity index (χ4v) is 0.477. The summed E-state index contributed by atoms with van der Waals surface area (Å²) >= 11 is 0. The van der Waals surface area contributed by atoms with Crippen molar-refractivity contribution in [2.45, 2.75) is 0 Å². The Morgan fingerprint density at radius 2 is 2.50 bits per heavy atom. The van der Waals surface area contributed by atoms with Crippen molar-refractivity contribution in [1.82, 2.24) is 5.43 Å². The Bertz CT molecular complexity index is 160. The smallest absolute Gasteiger partial charge is 0.324 e. The number of carboxylic acids is 1. The number of aliphatic carboxylic acids is 1. The van der Waals surface area contributed by atoms with Crippen LogP contribution in [0.3, 0.4) is 0 Å². The zero-order chi connectivity index (χ0) is 7.40. The van der Waals surface area contributed by atoms with E-state index >= 15 is 0 Å². The van der Waals surface area contributed by atoms with Crippen LogP contribution in [-0.4, -0.2) is 36.5 Å². The lowest BCUT2D eigenvalue weighted by atomic mass is 10.3. The van der Waals surface area contributed by atoms with Crippen molar-refractivity contribution in [3.05, 3.63) is 0 Å². The van der Waals surface area contributed by atoms with E-state index in [1.54, 1.807) is 0 Å². The maximum absolute atomic E-state index is 9.92. The second-order valence-corrected chi connectivity index (χ2v) is 1.90. The number of carbonyl (C=O) groups is 1. The van der Waals surface area contributed by atoms with Crippen LogP contribution in [0.4, 0.5) is 0 Å². The standard InChI is InChI=1S/C5H8N2O3/c8-5(9)1-6-7-4-2-10-3-4/h6H,1-3H2,(H,8,9). The molecule has 0 amide bonds. The van der Waals surface area contributed by atoms with Crippen LogP contribution in [0.2, 0.25) is 0 Å². The van der Waals surface area contributed by atoms with Crippen molar-refractivity contribution in [3.63, 3.8) is 0 Å². The maximum Gasteiger partial charge on any atom is 0.324 e. The molecular formula is C5H8N2O3. The Morgan fingerprint density at radius 1 is 1.80 bits per heavy atom. The number of hydrazone groups is 1. The number of hydrogen-bond donors (Lipinski definition) is 2. The largest absolute Gasteiger partial charge is 0.480 e. The van der Waals surface area contributed by atoms with Gasteiger partial charge >= 0.3 is 5.97 Å². The molecule has 0 spiro atoms. The molecule has 1 aliphatic heterocycles. The number of hydrogen-bond acceptors (Lipinski definition) is 4. The van der Waals surface area contributed by atoms with Crippen molar-refractivity contribution >= 4 is 11.7 Å². The minimum Gasteiger partial charge on any atom is -0.480 e. The van der Waals surface area contributed by atoms with Crippen LogP contribution in [0.5, 0.6) is 0 Å². The SMILES string of the molecule is O=C(O)CNN=C1COC1. The first-order valence-corrected chi connectivity index (χ1v) is 2.87. The third-order valence-corrected chi connectivity index (χ3v) is 1.00. The molecule has 0 aliphatic carbocycles. The lowest BCUT2D eigenvalue weighted by molar-refractivity contribution is -0.135. The van der Waals surface area contributed by atoms with Crippen molar-refractivity contribution in [2.24, 2.45) is 5.10 Å². The molecule has 0 atom stereocenters. The van der Waals surface area contributed by atoms with E-state index in [9.17, 15) is 4.79 Å². The van der Waals surface area contributed by atoms with Gasteiger partial charge in [0.05, 0.1) is 18.9 Å². The lowest BCUT2D eigenvalue weighted by Gasteiger charge is -2.14. The summed E-state index contributed by atoms with van der Waals surface area (Å²) in [6.07, 6.45) is 0. The fourth-order valence-electron chi connectivity index (χ4n) is 0.477. The Hall–Kier alpha value is -1.10. The van der Waals surface area contributed by atoms with E-state index in [0.29, 0.717) is 13.2 Å². The van der Waals surface area contributed by atoms with Crippen LogP contribution in [0, 0.1) is 0 Å². The first-order chi connectivity index (χ1) is 4.79. The summed E-state index contributed by atoms with van der Waals surface area (Å²) in [4.78, 5) is 9.92. The molecule has 0 bridgehead atoms. The first kappa shape index (κ1) is 7.01. The van der Waals surface area contributed by atoms with Crippen molar-refractivity contribution in [1.29, 1.82) is 0 Å². The molecule has 56 valence electrons. The minimum atomic E-state index is -0.912. The molecule has 1 rings (SSSR count).